The Morgan fingerprint density at radius 2 is 2.05 bits per heavy atom. The van der Waals surface area contributed by atoms with E-state index in [9.17, 15) is 4.79 Å². The molecule has 1 N–H and O–H groups in total. The van der Waals surface area contributed by atoms with Crippen molar-refractivity contribution in [2.75, 3.05) is 20.3 Å². The fourth-order valence-corrected chi connectivity index (χ4v) is 3.02. The quantitative estimate of drug-likeness (QED) is 0.788. The smallest absolute Gasteiger partial charge is 0.224 e. The van der Waals surface area contributed by atoms with E-state index in [1.807, 2.05) is 24.3 Å². The number of benzene rings is 1. The zero-order chi connectivity index (χ0) is 15.8. The third-order valence-electron chi connectivity index (χ3n) is 4.33. The number of hydrogen-bond donors (Lipinski definition) is 1. The Hall–Kier alpha value is -1.55. The number of methoxy groups -OCH3 is 1. The Morgan fingerprint density at radius 1 is 1.27 bits per heavy atom. The Kier molecular flexibility index (Phi) is 6.72. The van der Waals surface area contributed by atoms with Crippen molar-refractivity contribution in [3.63, 3.8) is 0 Å². The molecular formula is C18H27NO3. The van der Waals surface area contributed by atoms with Crippen LogP contribution < -0.4 is 10.1 Å². The highest BCUT2D eigenvalue weighted by Crippen LogP contribution is 2.26. The molecule has 0 bridgehead atoms. The summed E-state index contributed by atoms with van der Waals surface area (Å²) in [6.07, 6.45) is 5.68. The fraction of sp³-hybridized carbons (Fsp3) is 0.611. The SMILES string of the molecule is COc1ccccc1CC(=O)NCCO[C@H]1CCCC[C@@H]1C. The van der Waals surface area contributed by atoms with Gasteiger partial charge < -0.3 is 14.8 Å². The maximum absolute atomic E-state index is 12.0. The van der Waals surface area contributed by atoms with Gasteiger partial charge in [0.2, 0.25) is 5.91 Å². The number of hydrogen-bond acceptors (Lipinski definition) is 3. The fourth-order valence-electron chi connectivity index (χ4n) is 3.02. The van der Waals surface area contributed by atoms with Crippen molar-refractivity contribution in [3.8, 4) is 5.75 Å². The van der Waals surface area contributed by atoms with E-state index in [-0.39, 0.29) is 5.91 Å². The predicted octanol–water partition coefficient (Wildman–Crippen LogP) is 2.95. The minimum absolute atomic E-state index is 0.00444. The summed E-state index contributed by atoms with van der Waals surface area (Å²) in [6, 6.07) is 7.60. The van der Waals surface area contributed by atoms with E-state index in [1.165, 1.54) is 19.3 Å². The molecule has 1 amide bonds. The summed E-state index contributed by atoms with van der Waals surface area (Å²) in [7, 11) is 1.62. The van der Waals surface area contributed by atoms with Crippen LogP contribution in [0.15, 0.2) is 24.3 Å². The molecule has 22 heavy (non-hydrogen) atoms. The normalized spacial score (nSPS) is 21.4. The molecule has 0 heterocycles. The van der Waals surface area contributed by atoms with Crippen LogP contribution in [-0.4, -0.2) is 32.3 Å². The number of nitrogens with one attached hydrogen (secondary N) is 1. The Balaban J connectivity index is 1.67. The van der Waals surface area contributed by atoms with Gasteiger partial charge in [0.15, 0.2) is 0 Å². The van der Waals surface area contributed by atoms with Gasteiger partial charge in [-0.1, -0.05) is 38.0 Å². The molecule has 0 radical (unpaired) electrons. The molecule has 122 valence electrons. The van der Waals surface area contributed by atoms with Crippen LogP contribution in [0.2, 0.25) is 0 Å². The van der Waals surface area contributed by atoms with E-state index < -0.39 is 0 Å². The molecule has 2 atom stereocenters. The molecule has 4 heteroatoms. The van der Waals surface area contributed by atoms with Gasteiger partial charge in [0.25, 0.3) is 0 Å². The first-order valence-corrected chi connectivity index (χ1v) is 8.21. The molecule has 1 aliphatic rings. The second-order valence-corrected chi connectivity index (χ2v) is 6.01. The van der Waals surface area contributed by atoms with Crippen molar-refractivity contribution >= 4 is 5.91 Å². The first-order valence-electron chi connectivity index (χ1n) is 8.21. The van der Waals surface area contributed by atoms with Gasteiger partial charge in [0.1, 0.15) is 5.75 Å². The van der Waals surface area contributed by atoms with Crippen LogP contribution >= 0.6 is 0 Å². The van der Waals surface area contributed by atoms with Crippen molar-refractivity contribution in [1.82, 2.24) is 5.32 Å². The van der Waals surface area contributed by atoms with E-state index >= 15 is 0 Å². The van der Waals surface area contributed by atoms with Crippen molar-refractivity contribution in [3.05, 3.63) is 29.8 Å². The van der Waals surface area contributed by atoms with Crippen molar-refractivity contribution in [2.24, 2.45) is 5.92 Å². The Labute approximate surface area is 133 Å². The van der Waals surface area contributed by atoms with Crippen LogP contribution in [0.25, 0.3) is 0 Å². The zero-order valence-corrected chi connectivity index (χ0v) is 13.6. The van der Waals surface area contributed by atoms with Crippen LogP contribution in [0.5, 0.6) is 5.75 Å². The lowest BCUT2D eigenvalue weighted by atomic mass is 9.88. The highest BCUT2D eigenvalue weighted by atomic mass is 16.5. The lowest BCUT2D eigenvalue weighted by molar-refractivity contribution is -0.120. The maximum atomic E-state index is 12.0. The lowest BCUT2D eigenvalue weighted by Gasteiger charge is -2.28. The molecule has 0 saturated heterocycles. The van der Waals surface area contributed by atoms with Gasteiger partial charge in [-0.25, -0.2) is 0 Å². The van der Waals surface area contributed by atoms with Crippen LogP contribution in [0, 0.1) is 5.92 Å². The van der Waals surface area contributed by atoms with Gasteiger partial charge in [0, 0.05) is 12.1 Å². The van der Waals surface area contributed by atoms with Gasteiger partial charge in [-0.3, -0.25) is 4.79 Å². The third kappa shape index (κ3) is 5.02. The van der Waals surface area contributed by atoms with E-state index in [0.717, 1.165) is 17.7 Å². The summed E-state index contributed by atoms with van der Waals surface area (Å²) < 4.78 is 11.2. The Morgan fingerprint density at radius 3 is 2.82 bits per heavy atom. The topological polar surface area (TPSA) is 47.6 Å². The molecule has 0 unspecified atom stereocenters. The summed E-state index contributed by atoms with van der Waals surface area (Å²) in [5, 5.41) is 2.92. The summed E-state index contributed by atoms with van der Waals surface area (Å²) in [5.74, 6) is 1.40. The zero-order valence-electron chi connectivity index (χ0n) is 13.6. The molecule has 1 aromatic carbocycles. The van der Waals surface area contributed by atoms with E-state index in [1.54, 1.807) is 7.11 Å². The lowest BCUT2D eigenvalue weighted by Crippen LogP contribution is -2.32. The minimum atomic E-state index is 0.00444. The largest absolute Gasteiger partial charge is 0.496 e. The van der Waals surface area contributed by atoms with Crippen molar-refractivity contribution in [1.29, 1.82) is 0 Å². The second kappa shape index (κ2) is 8.79. The van der Waals surface area contributed by atoms with Crippen LogP contribution in [0.1, 0.15) is 38.2 Å². The van der Waals surface area contributed by atoms with Crippen LogP contribution in [0.3, 0.4) is 0 Å². The van der Waals surface area contributed by atoms with E-state index in [4.69, 9.17) is 9.47 Å². The molecule has 0 aliphatic heterocycles. The monoisotopic (exact) mass is 305 g/mol. The summed E-state index contributed by atoms with van der Waals surface area (Å²) >= 11 is 0. The van der Waals surface area contributed by atoms with Gasteiger partial charge in [-0.2, -0.15) is 0 Å². The highest BCUT2D eigenvalue weighted by molar-refractivity contribution is 5.79. The molecule has 1 saturated carbocycles. The molecule has 2 rings (SSSR count). The average Bonchev–Trinajstić information content (AvgIpc) is 2.53. The minimum Gasteiger partial charge on any atom is -0.496 e. The molecule has 0 aromatic heterocycles. The summed E-state index contributed by atoms with van der Waals surface area (Å²) in [6.45, 7) is 3.41. The van der Waals surface area contributed by atoms with Gasteiger partial charge in [-0.05, 0) is 24.8 Å². The van der Waals surface area contributed by atoms with Gasteiger partial charge >= 0.3 is 0 Å². The summed E-state index contributed by atoms with van der Waals surface area (Å²) in [4.78, 5) is 12.0. The molecule has 1 aromatic rings. The standard InChI is InChI=1S/C18H27NO3/c1-14-7-3-5-9-16(14)22-12-11-19-18(20)13-15-8-4-6-10-17(15)21-2/h4,6,8,10,14,16H,3,5,7,9,11-13H2,1-2H3,(H,19,20)/t14-,16-/m0/s1. The molecule has 4 nitrogen and oxygen atoms in total. The summed E-state index contributed by atoms with van der Waals surface area (Å²) in [5.41, 5.74) is 0.907. The number of para-hydroxylation sites is 1. The average molecular weight is 305 g/mol. The predicted molar refractivity (Wildman–Crippen MR) is 87.1 cm³/mol. The van der Waals surface area contributed by atoms with Crippen LogP contribution in [-0.2, 0) is 16.0 Å². The maximum Gasteiger partial charge on any atom is 0.224 e. The Bertz CT molecular complexity index is 475. The highest BCUT2D eigenvalue weighted by Gasteiger charge is 2.21. The van der Waals surface area contributed by atoms with Crippen LogP contribution in [0.4, 0.5) is 0 Å². The first-order chi connectivity index (χ1) is 10.7. The number of rotatable bonds is 7. The number of carbonyl (C=O) groups excluding carboxylic acids is 1. The molecule has 1 fully saturated rings. The molecule has 0 spiro atoms. The second-order valence-electron chi connectivity index (χ2n) is 6.01. The van der Waals surface area contributed by atoms with E-state index in [0.29, 0.717) is 31.6 Å². The first kappa shape index (κ1) is 16.8. The molecule has 1 aliphatic carbocycles. The number of carbonyl (C=O) groups is 1. The van der Waals surface area contributed by atoms with Gasteiger partial charge in [0.05, 0.1) is 26.2 Å². The van der Waals surface area contributed by atoms with Crippen molar-refractivity contribution < 1.29 is 14.3 Å². The van der Waals surface area contributed by atoms with Crippen molar-refractivity contribution in [2.45, 2.75) is 45.1 Å². The molecular weight excluding hydrogens is 278 g/mol. The number of amides is 1. The third-order valence-corrected chi connectivity index (χ3v) is 4.33. The van der Waals surface area contributed by atoms with Gasteiger partial charge in [-0.15, -0.1) is 0 Å². The number of ether oxygens (including phenoxy) is 2. The van der Waals surface area contributed by atoms with E-state index in [2.05, 4.69) is 12.2 Å².